The lowest BCUT2D eigenvalue weighted by Crippen LogP contribution is -2.26. The molecule has 0 aliphatic carbocycles. The van der Waals surface area contributed by atoms with E-state index in [4.69, 9.17) is 23.6 Å². The normalized spacial score (nSPS) is 24.7. The SMILES string of the molecule is COc1cc(OCC2=CS3(C)C(=N2)C32CCOCC2)c2cc(-c3cn4nc(C)sc4n3)oc2c1. The molecule has 10 heteroatoms. The number of fused-ring (bicyclic) bond motifs is 5. The number of furan rings is 1. The summed E-state index contributed by atoms with van der Waals surface area (Å²) in [5.41, 5.74) is 2.45. The third kappa shape index (κ3) is 2.85. The lowest BCUT2D eigenvalue weighted by molar-refractivity contribution is 0.0936. The first-order valence-corrected chi connectivity index (χ1v) is 14.1. The Kier molecular flexibility index (Phi) is 4.29. The number of aliphatic imine (C=N–C) groups is 1. The third-order valence-corrected chi connectivity index (χ3v) is 11.9. The maximum absolute atomic E-state index is 6.28. The monoisotopic (exact) mass is 496 g/mol. The van der Waals surface area contributed by atoms with Gasteiger partial charge in [-0.2, -0.15) is 15.1 Å². The Hall–Kier alpha value is -2.82. The third-order valence-electron chi connectivity index (χ3n) is 7.06. The summed E-state index contributed by atoms with van der Waals surface area (Å²) in [5, 5.41) is 10.1. The van der Waals surface area contributed by atoms with E-state index in [9.17, 15) is 0 Å². The average molecular weight is 497 g/mol. The number of methoxy groups -OCH3 is 1. The van der Waals surface area contributed by atoms with Crippen LogP contribution in [0.3, 0.4) is 0 Å². The van der Waals surface area contributed by atoms with E-state index in [0.717, 1.165) is 52.8 Å². The molecule has 3 aliphatic rings. The Bertz CT molecular complexity index is 1490. The molecule has 4 aromatic rings. The highest BCUT2D eigenvalue weighted by Crippen LogP contribution is 2.82. The zero-order chi connectivity index (χ0) is 23.1. The fourth-order valence-electron chi connectivity index (χ4n) is 5.24. The number of nitrogens with zero attached hydrogens (tertiary/aromatic N) is 4. The summed E-state index contributed by atoms with van der Waals surface area (Å²) in [5.74, 6) is 2.06. The van der Waals surface area contributed by atoms with Gasteiger partial charge in [-0.05, 0) is 37.5 Å². The van der Waals surface area contributed by atoms with Crippen LogP contribution in [-0.4, -0.2) is 57.6 Å². The summed E-state index contributed by atoms with van der Waals surface area (Å²) in [6, 6.07) is 5.74. The van der Waals surface area contributed by atoms with Crippen LogP contribution >= 0.6 is 21.4 Å². The van der Waals surface area contributed by atoms with Crippen molar-refractivity contribution in [3.63, 3.8) is 0 Å². The second-order valence-electron chi connectivity index (χ2n) is 9.03. The first kappa shape index (κ1) is 20.5. The minimum Gasteiger partial charge on any atom is -0.496 e. The maximum atomic E-state index is 6.28. The van der Waals surface area contributed by atoms with Crippen molar-refractivity contribution in [3.05, 3.63) is 40.5 Å². The van der Waals surface area contributed by atoms with E-state index in [1.54, 1.807) is 23.0 Å². The number of benzene rings is 1. The molecule has 7 rings (SSSR count). The summed E-state index contributed by atoms with van der Waals surface area (Å²) < 4.78 is 25.6. The van der Waals surface area contributed by atoms with Gasteiger partial charge in [0, 0.05) is 25.3 Å². The molecule has 1 atom stereocenters. The zero-order valence-corrected chi connectivity index (χ0v) is 20.8. The molecule has 1 aromatic carbocycles. The van der Waals surface area contributed by atoms with Crippen molar-refractivity contribution in [3.8, 4) is 23.0 Å². The van der Waals surface area contributed by atoms with E-state index in [-0.39, 0.29) is 0 Å². The Labute approximate surface area is 201 Å². The number of rotatable bonds is 5. The average Bonchev–Trinajstić information content (AvgIpc) is 3.44. The molecule has 0 N–H and O–H groups in total. The molecule has 6 heterocycles. The van der Waals surface area contributed by atoms with Gasteiger partial charge >= 0.3 is 0 Å². The van der Waals surface area contributed by atoms with Gasteiger partial charge in [0.25, 0.3) is 0 Å². The van der Waals surface area contributed by atoms with E-state index >= 15 is 0 Å². The van der Waals surface area contributed by atoms with Crippen molar-refractivity contribution in [2.45, 2.75) is 24.5 Å². The lowest BCUT2D eigenvalue weighted by atomic mass is 10.0. The Morgan fingerprint density at radius 1 is 1.24 bits per heavy atom. The molecule has 2 saturated heterocycles. The van der Waals surface area contributed by atoms with E-state index in [0.29, 0.717) is 34.2 Å². The Balaban J connectivity index is 1.17. The van der Waals surface area contributed by atoms with Gasteiger partial charge in [0.2, 0.25) is 4.96 Å². The fraction of sp³-hybridized carbons (Fsp3) is 0.375. The van der Waals surface area contributed by atoms with Crippen molar-refractivity contribution >= 4 is 42.3 Å². The first-order valence-electron chi connectivity index (χ1n) is 11.2. The molecular formula is C24H24N4O4S2. The molecule has 176 valence electrons. The number of aromatic nitrogens is 3. The molecule has 0 saturated carbocycles. The largest absolute Gasteiger partial charge is 0.496 e. The highest BCUT2D eigenvalue weighted by Gasteiger charge is 2.68. The standard InChI is InChI=1S/C24H24N4O4S2/c1-14-27-28-11-18(26-23(28)33-14)21-10-17-19(8-16(29-2)9-20(17)32-21)31-12-15-13-34(3)22(25-15)24(34)4-6-30-7-5-24/h8-11,13H,4-7,12H2,1-3H3. The van der Waals surface area contributed by atoms with Crippen LogP contribution in [0.4, 0.5) is 0 Å². The van der Waals surface area contributed by atoms with Gasteiger partial charge in [0.05, 0.1) is 34.2 Å². The molecule has 3 aromatic heterocycles. The summed E-state index contributed by atoms with van der Waals surface area (Å²) in [6.45, 7) is 4.08. The maximum Gasteiger partial charge on any atom is 0.212 e. The van der Waals surface area contributed by atoms with E-state index in [1.807, 2.05) is 31.3 Å². The summed E-state index contributed by atoms with van der Waals surface area (Å²) in [7, 11) is 0.717. The minimum atomic E-state index is -0.925. The van der Waals surface area contributed by atoms with Gasteiger partial charge in [-0.15, -0.1) is 0 Å². The van der Waals surface area contributed by atoms with E-state index in [2.05, 4.69) is 21.7 Å². The van der Waals surface area contributed by atoms with Crippen molar-refractivity contribution in [2.24, 2.45) is 4.99 Å². The van der Waals surface area contributed by atoms with Crippen molar-refractivity contribution in [1.82, 2.24) is 14.6 Å². The minimum absolute atomic E-state index is 0.295. The molecule has 3 aliphatic heterocycles. The van der Waals surface area contributed by atoms with Gasteiger partial charge in [0.1, 0.15) is 34.4 Å². The van der Waals surface area contributed by atoms with Gasteiger partial charge in [-0.3, -0.25) is 0 Å². The predicted octanol–water partition coefficient (Wildman–Crippen LogP) is 5.15. The molecular weight excluding hydrogens is 472 g/mol. The first-order chi connectivity index (χ1) is 16.5. The van der Waals surface area contributed by atoms with Crippen molar-refractivity contribution in [1.29, 1.82) is 0 Å². The predicted molar refractivity (Wildman–Crippen MR) is 135 cm³/mol. The topological polar surface area (TPSA) is 83.4 Å². The molecule has 1 spiro atoms. The number of imidazole rings is 1. The van der Waals surface area contributed by atoms with Gasteiger partial charge in [-0.1, -0.05) is 11.3 Å². The van der Waals surface area contributed by atoms with E-state index in [1.165, 1.54) is 5.04 Å². The molecule has 1 unspecified atom stereocenters. The zero-order valence-electron chi connectivity index (χ0n) is 19.2. The number of hydrogen-bond acceptors (Lipinski definition) is 8. The van der Waals surface area contributed by atoms with Gasteiger partial charge in [0.15, 0.2) is 5.76 Å². The van der Waals surface area contributed by atoms with Gasteiger partial charge < -0.3 is 18.6 Å². The second-order valence-corrected chi connectivity index (χ2v) is 13.6. The molecule has 0 bridgehead atoms. The van der Waals surface area contributed by atoms with E-state index < -0.39 is 10.0 Å². The van der Waals surface area contributed by atoms with Crippen LogP contribution in [0.25, 0.3) is 27.4 Å². The lowest BCUT2D eigenvalue weighted by Gasteiger charge is -2.26. The van der Waals surface area contributed by atoms with Crippen LogP contribution in [0.15, 0.2) is 44.9 Å². The molecule has 0 amide bonds. The Morgan fingerprint density at radius 2 is 2.09 bits per heavy atom. The van der Waals surface area contributed by atoms with Crippen LogP contribution in [0.1, 0.15) is 17.8 Å². The number of aryl methyl sites for hydroxylation is 1. The number of hydrogen-bond donors (Lipinski definition) is 0. The quantitative estimate of drug-likeness (QED) is 0.355. The summed E-state index contributed by atoms with van der Waals surface area (Å²) in [6.07, 6.45) is 6.45. The smallest absolute Gasteiger partial charge is 0.212 e. The summed E-state index contributed by atoms with van der Waals surface area (Å²) >= 11 is 1.55. The van der Waals surface area contributed by atoms with Crippen molar-refractivity contribution < 1.29 is 18.6 Å². The van der Waals surface area contributed by atoms with Crippen molar-refractivity contribution in [2.75, 3.05) is 33.2 Å². The highest BCUT2D eigenvalue weighted by atomic mass is 32.3. The highest BCUT2D eigenvalue weighted by molar-refractivity contribution is 8.57. The molecule has 8 nitrogen and oxygen atoms in total. The fourth-order valence-corrected chi connectivity index (χ4v) is 9.98. The number of ether oxygens (including phenoxy) is 3. The van der Waals surface area contributed by atoms with Crippen LogP contribution in [-0.2, 0) is 4.74 Å². The second kappa shape index (κ2) is 7.10. The molecule has 34 heavy (non-hydrogen) atoms. The van der Waals surface area contributed by atoms with Crippen LogP contribution < -0.4 is 9.47 Å². The molecule has 0 radical (unpaired) electrons. The molecule has 2 fully saturated rings. The Morgan fingerprint density at radius 3 is 2.82 bits per heavy atom. The van der Waals surface area contributed by atoms with Gasteiger partial charge in [-0.25, -0.2) is 14.5 Å². The van der Waals surface area contributed by atoms with Crippen LogP contribution in [0.2, 0.25) is 0 Å². The van der Waals surface area contributed by atoms with Crippen LogP contribution in [0.5, 0.6) is 11.5 Å². The van der Waals surface area contributed by atoms with Crippen LogP contribution in [0, 0.1) is 6.92 Å². The summed E-state index contributed by atoms with van der Waals surface area (Å²) in [4.78, 5) is 10.5.